The number of carbonyl (C=O) groups is 2. The second-order valence-corrected chi connectivity index (χ2v) is 2.80. The summed E-state index contributed by atoms with van der Waals surface area (Å²) in [6, 6.07) is -0.561. The van der Waals surface area contributed by atoms with Crippen molar-refractivity contribution in [2.24, 2.45) is 5.73 Å². The zero-order valence-corrected chi connectivity index (χ0v) is 7.59. The molecule has 4 heteroatoms. The summed E-state index contributed by atoms with van der Waals surface area (Å²) in [4.78, 5) is 21.5. The Bertz CT molecular complexity index is 168. The van der Waals surface area contributed by atoms with Crippen molar-refractivity contribution in [1.82, 2.24) is 5.32 Å². The zero-order chi connectivity index (χ0) is 9.56. The van der Waals surface area contributed by atoms with E-state index in [1.807, 2.05) is 6.92 Å². The highest BCUT2D eigenvalue weighted by Crippen LogP contribution is 1.93. The van der Waals surface area contributed by atoms with Gasteiger partial charge < -0.3 is 11.1 Å². The van der Waals surface area contributed by atoms with Crippen molar-refractivity contribution in [3.63, 3.8) is 0 Å². The fourth-order valence-electron chi connectivity index (χ4n) is 0.722. The van der Waals surface area contributed by atoms with Gasteiger partial charge in [0.05, 0.1) is 0 Å². The first kappa shape index (κ1) is 10.9. The molecule has 2 amide bonds. The average molecular weight is 172 g/mol. The van der Waals surface area contributed by atoms with Crippen LogP contribution < -0.4 is 11.1 Å². The number of hydrogen-bond donors (Lipinski definition) is 2. The van der Waals surface area contributed by atoms with Crippen molar-refractivity contribution in [3.8, 4) is 0 Å². The smallest absolute Gasteiger partial charge is 0.239 e. The van der Waals surface area contributed by atoms with E-state index in [-0.39, 0.29) is 5.91 Å². The SMILES string of the molecule is CCCCC(=O)NC(C)C(N)=O. The standard InChI is InChI=1S/C8H16N2O2/c1-3-4-5-7(11)10-6(2)8(9)12/h6H,3-5H2,1-2H3,(H2,9,12)(H,10,11). The Balaban J connectivity index is 3.61. The van der Waals surface area contributed by atoms with E-state index in [9.17, 15) is 9.59 Å². The lowest BCUT2D eigenvalue weighted by atomic mass is 10.2. The minimum Gasteiger partial charge on any atom is -0.368 e. The summed E-state index contributed by atoms with van der Waals surface area (Å²) in [6.07, 6.45) is 2.28. The normalized spacial score (nSPS) is 12.2. The highest BCUT2D eigenvalue weighted by atomic mass is 16.2. The molecule has 0 saturated carbocycles. The fourth-order valence-corrected chi connectivity index (χ4v) is 0.722. The van der Waals surface area contributed by atoms with E-state index < -0.39 is 11.9 Å². The maximum absolute atomic E-state index is 11.0. The van der Waals surface area contributed by atoms with Crippen LogP contribution in [0, 0.1) is 0 Å². The molecule has 0 aromatic heterocycles. The van der Waals surface area contributed by atoms with Crippen molar-refractivity contribution in [2.45, 2.75) is 39.2 Å². The summed E-state index contributed by atoms with van der Waals surface area (Å²) in [5.41, 5.74) is 4.96. The molecule has 3 N–H and O–H groups in total. The summed E-state index contributed by atoms with van der Waals surface area (Å²) < 4.78 is 0. The summed E-state index contributed by atoms with van der Waals surface area (Å²) in [5.74, 6) is -0.608. The molecule has 0 radical (unpaired) electrons. The summed E-state index contributed by atoms with van der Waals surface area (Å²) >= 11 is 0. The van der Waals surface area contributed by atoms with Crippen LogP contribution in [-0.2, 0) is 9.59 Å². The molecule has 0 heterocycles. The Morgan fingerprint density at radius 2 is 2.08 bits per heavy atom. The van der Waals surface area contributed by atoms with Crippen molar-refractivity contribution in [3.05, 3.63) is 0 Å². The maximum atomic E-state index is 11.0. The first-order valence-corrected chi connectivity index (χ1v) is 4.16. The zero-order valence-electron chi connectivity index (χ0n) is 7.59. The van der Waals surface area contributed by atoms with E-state index in [0.29, 0.717) is 6.42 Å². The molecule has 0 aliphatic heterocycles. The molecule has 1 atom stereocenters. The Morgan fingerprint density at radius 3 is 2.50 bits per heavy atom. The molecule has 12 heavy (non-hydrogen) atoms. The fraction of sp³-hybridized carbons (Fsp3) is 0.750. The maximum Gasteiger partial charge on any atom is 0.239 e. The highest BCUT2D eigenvalue weighted by molar-refractivity contribution is 5.86. The molecule has 0 aliphatic rings. The van der Waals surface area contributed by atoms with Gasteiger partial charge in [-0.05, 0) is 13.3 Å². The predicted molar refractivity (Wildman–Crippen MR) is 46.3 cm³/mol. The van der Waals surface area contributed by atoms with Crippen LogP contribution in [0.2, 0.25) is 0 Å². The minimum atomic E-state index is -0.561. The van der Waals surface area contributed by atoms with Gasteiger partial charge in [0.2, 0.25) is 11.8 Å². The van der Waals surface area contributed by atoms with Crippen molar-refractivity contribution in [2.75, 3.05) is 0 Å². The molecular formula is C8H16N2O2. The second kappa shape index (κ2) is 5.57. The van der Waals surface area contributed by atoms with Gasteiger partial charge >= 0.3 is 0 Å². The van der Waals surface area contributed by atoms with Crippen LogP contribution in [-0.4, -0.2) is 17.9 Å². The third-order valence-electron chi connectivity index (χ3n) is 1.56. The van der Waals surface area contributed by atoms with Gasteiger partial charge in [0.25, 0.3) is 0 Å². The van der Waals surface area contributed by atoms with E-state index in [4.69, 9.17) is 5.73 Å². The first-order chi connectivity index (χ1) is 5.57. The van der Waals surface area contributed by atoms with Crippen LogP contribution in [0.3, 0.4) is 0 Å². The van der Waals surface area contributed by atoms with Crippen molar-refractivity contribution >= 4 is 11.8 Å². The highest BCUT2D eigenvalue weighted by Gasteiger charge is 2.10. The lowest BCUT2D eigenvalue weighted by Crippen LogP contribution is -2.42. The van der Waals surface area contributed by atoms with E-state index >= 15 is 0 Å². The topological polar surface area (TPSA) is 72.2 Å². The van der Waals surface area contributed by atoms with Crippen LogP contribution in [0.5, 0.6) is 0 Å². The second-order valence-electron chi connectivity index (χ2n) is 2.80. The number of hydrogen-bond acceptors (Lipinski definition) is 2. The molecular weight excluding hydrogens is 156 g/mol. The van der Waals surface area contributed by atoms with Gasteiger partial charge in [-0.2, -0.15) is 0 Å². The third kappa shape index (κ3) is 4.71. The van der Waals surface area contributed by atoms with Gasteiger partial charge in [-0.1, -0.05) is 13.3 Å². The van der Waals surface area contributed by atoms with Crippen molar-refractivity contribution in [1.29, 1.82) is 0 Å². The molecule has 1 unspecified atom stereocenters. The van der Waals surface area contributed by atoms with Gasteiger partial charge in [0.15, 0.2) is 0 Å². The lowest BCUT2D eigenvalue weighted by molar-refractivity contribution is -0.127. The van der Waals surface area contributed by atoms with Crippen LogP contribution in [0.4, 0.5) is 0 Å². The Hall–Kier alpha value is -1.06. The van der Waals surface area contributed by atoms with Crippen molar-refractivity contribution < 1.29 is 9.59 Å². The van der Waals surface area contributed by atoms with Gasteiger partial charge in [0, 0.05) is 6.42 Å². The molecule has 0 aliphatic carbocycles. The number of rotatable bonds is 5. The summed E-state index contributed by atoms with van der Waals surface area (Å²) in [5, 5.41) is 2.50. The van der Waals surface area contributed by atoms with E-state index in [0.717, 1.165) is 12.8 Å². The Kier molecular flexibility index (Phi) is 5.08. The molecule has 0 fully saturated rings. The van der Waals surface area contributed by atoms with Gasteiger partial charge in [-0.25, -0.2) is 0 Å². The molecule has 0 rings (SSSR count). The molecule has 70 valence electrons. The number of unbranched alkanes of at least 4 members (excludes halogenated alkanes) is 1. The molecule has 0 saturated heterocycles. The molecule has 0 aromatic rings. The van der Waals surface area contributed by atoms with Crippen LogP contribution in [0.1, 0.15) is 33.1 Å². The molecule has 4 nitrogen and oxygen atoms in total. The summed E-state index contributed by atoms with van der Waals surface area (Å²) in [7, 11) is 0. The average Bonchev–Trinajstić information content (AvgIpc) is 2.00. The van der Waals surface area contributed by atoms with E-state index in [2.05, 4.69) is 5.32 Å². The number of nitrogens with one attached hydrogen (secondary N) is 1. The lowest BCUT2D eigenvalue weighted by Gasteiger charge is -2.08. The molecule has 0 spiro atoms. The van der Waals surface area contributed by atoms with E-state index in [1.165, 1.54) is 0 Å². The summed E-state index contributed by atoms with van der Waals surface area (Å²) in [6.45, 7) is 3.58. The number of primary amides is 1. The largest absolute Gasteiger partial charge is 0.368 e. The number of nitrogens with two attached hydrogens (primary N) is 1. The van der Waals surface area contributed by atoms with Crippen LogP contribution >= 0.6 is 0 Å². The van der Waals surface area contributed by atoms with Crippen LogP contribution in [0.25, 0.3) is 0 Å². The Labute approximate surface area is 72.5 Å². The Morgan fingerprint density at radius 1 is 1.50 bits per heavy atom. The minimum absolute atomic E-state index is 0.108. The van der Waals surface area contributed by atoms with Gasteiger partial charge in [-0.15, -0.1) is 0 Å². The third-order valence-corrected chi connectivity index (χ3v) is 1.56. The first-order valence-electron chi connectivity index (χ1n) is 4.16. The van der Waals surface area contributed by atoms with E-state index in [1.54, 1.807) is 6.92 Å². The quantitative estimate of drug-likeness (QED) is 0.620. The van der Waals surface area contributed by atoms with Gasteiger partial charge in [0.1, 0.15) is 6.04 Å². The molecule has 0 aromatic carbocycles. The number of amides is 2. The monoisotopic (exact) mass is 172 g/mol. The number of carbonyl (C=O) groups excluding carboxylic acids is 2. The molecule has 0 bridgehead atoms. The van der Waals surface area contributed by atoms with Crippen LogP contribution in [0.15, 0.2) is 0 Å². The van der Waals surface area contributed by atoms with Gasteiger partial charge in [-0.3, -0.25) is 9.59 Å². The predicted octanol–water partition coefficient (Wildman–Crippen LogP) is 0.167.